The molecule has 1 aliphatic carbocycles. The Labute approximate surface area is 174 Å². The van der Waals surface area contributed by atoms with Gasteiger partial charge in [0.25, 0.3) is 5.91 Å². The molecule has 2 aromatic rings. The van der Waals surface area contributed by atoms with Crippen molar-refractivity contribution >= 4 is 17.5 Å². The first-order valence-electron chi connectivity index (χ1n) is 10.0. The van der Waals surface area contributed by atoms with Gasteiger partial charge < -0.3 is 9.64 Å². The number of hydrazone groups is 1. The van der Waals surface area contributed by atoms with Crippen LogP contribution in [0.1, 0.15) is 36.4 Å². The van der Waals surface area contributed by atoms with Crippen LogP contribution in [0.3, 0.4) is 0 Å². The van der Waals surface area contributed by atoms with Crippen molar-refractivity contribution in [3.05, 3.63) is 65.5 Å². The molecule has 0 unspecified atom stereocenters. The SMILES string of the molecule is COc1ccc([C@@H]2CC(c3ccc(F)cc3)=NN2C(=O)CN(C)C(=O)C2CC2)cc1. The van der Waals surface area contributed by atoms with Crippen molar-refractivity contribution in [1.29, 1.82) is 0 Å². The van der Waals surface area contributed by atoms with Crippen molar-refractivity contribution in [3.8, 4) is 5.75 Å². The van der Waals surface area contributed by atoms with E-state index in [2.05, 4.69) is 5.10 Å². The lowest BCUT2D eigenvalue weighted by Crippen LogP contribution is -2.39. The van der Waals surface area contributed by atoms with Crippen molar-refractivity contribution in [3.63, 3.8) is 0 Å². The zero-order valence-electron chi connectivity index (χ0n) is 17.0. The Morgan fingerprint density at radius 2 is 1.80 bits per heavy atom. The number of benzene rings is 2. The molecule has 1 atom stereocenters. The Morgan fingerprint density at radius 1 is 1.13 bits per heavy atom. The summed E-state index contributed by atoms with van der Waals surface area (Å²) in [7, 11) is 3.25. The van der Waals surface area contributed by atoms with E-state index in [4.69, 9.17) is 4.74 Å². The van der Waals surface area contributed by atoms with Crippen LogP contribution in [0.4, 0.5) is 4.39 Å². The summed E-state index contributed by atoms with van der Waals surface area (Å²) < 4.78 is 18.6. The fraction of sp³-hybridized carbons (Fsp3) is 0.348. The molecule has 1 fully saturated rings. The predicted octanol–water partition coefficient (Wildman–Crippen LogP) is 3.38. The minimum atomic E-state index is -0.322. The van der Waals surface area contributed by atoms with Crippen molar-refractivity contribution in [2.45, 2.75) is 25.3 Å². The van der Waals surface area contributed by atoms with Gasteiger partial charge in [-0.05, 0) is 48.2 Å². The maximum absolute atomic E-state index is 13.3. The fourth-order valence-electron chi connectivity index (χ4n) is 3.64. The first-order chi connectivity index (χ1) is 14.5. The summed E-state index contributed by atoms with van der Waals surface area (Å²) in [6.07, 6.45) is 2.29. The van der Waals surface area contributed by atoms with Crippen molar-refractivity contribution < 1.29 is 18.7 Å². The number of hydrogen-bond donors (Lipinski definition) is 0. The predicted molar refractivity (Wildman–Crippen MR) is 110 cm³/mol. The van der Waals surface area contributed by atoms with Gasteiger partial charge in [0.15, 0.2) is 0 Å². The summed E-state index contributed by atoms with van der Waals surface area (Å²) in [4.78, 5) is 26.8. The van der Waals surface area contributed by atoms with Gasteiger partial charge in [0.2, 0.25) is 5.91 Å². The molecule has 0 saturated heterocycles. The van der Waals surface area contributed by atoms with Crippen LogP contribution >= 0.6 is 0 Å². The molecule has 0 N–H and O–H groups in total. The van der Waals surface area contributed by atoms with Crippen LogP contribution in [0.15, 0.2) is 53.6 Å². The van der Waals surface area contributed by atoms with Crippen molar-refractivity contribution in [2.75, 3.05) is 20.7 Å². The molecule has 2 aliphatic rings. The van der Waals surface area contributed by atoms with Crippen LogP contribution in [0.25, 0.3) is 0 Å². The van der Waals surface area contributed by atoms with E-state index in [1.165, 1.54) is 22.0 Å². The topological polar surface area (TPSA) is 62.2 Å². The van der Waals surface area contributed by atoms with Gasteiger partial charge in [0.05, 0.1) is 18.9 Å². The van der Waals surface area contributed by atoms with E-state index in [-0.39, 0.29) is 36.1 Å². The molecular weight excluding hydrogens is 385 g/mol. The minimum Gasteiger partial charge on any atom is -0.497 e. The second kappa shape index (κ2) is 8.26. The molecule has 0 radical (unpaired) electrons. The van der Waals surface area contributed by atoms with Gasteiger partial charge in [-0.25, -0.2) is 9.40 Å². The number of rotatable bonds is 6. The van der Waals surface area contributed by atoms with E-state index in [0.29, 0.717) is 12.1 Å². The molecule has 4 rings (SSSR count). The Kier molecular flexibility index (Phi) is 5.53. The highest BCUT2D eigenvalue weighted by atomic mass is 19.1. The number of nitrogens with zero attached hydrogens (tertiary/aromatic N) is 3. The van der Waals surface area contributed by atoms with Gasteiger partial charge in [0, 0.05) is 19.4 Å². The van der Waals surface area contributed by atoms with E-state index in [0.717, 1.165) is 29.7 Å². The molecule has 1 heterocycles. The van der Waals surface area contributed by atoms with Crippen molar-refractivity contribution in [1.82, 2.24) is 9.91 Å². The van der Waals surface area contributed by atoms with E-state index in [1.807, 2.05) is 24.3 Å². The summed E-state index contributed by atoms with van der Waals surface area (Å²) in [6.45, 7) is -0.0256. The van der Waals surface area contributed by atoms with Gasteiger partial charge in [-0.1, -0.05) is 24.3 Å². The van der Waals surface area contributed by atoms with Gasteiger partial charge in [-0.3, -0.25) is 9.59 Å². The lowest BCUT2D eigenvalue weighted by atomic mass is 9.98. The van der Waals surface area contributed by atoms with Crippen molar-refractivity contribution in [2.24, 2.45) is 11.0 Å². The van der Waals surface area contributed by atoms with E-state index in [9.17, 15) is 14.0 Å². The number of hydrogen-bond acceptors (Lipinski definition) is 4. The number of methoxy groups -OCH3 is 1. The zero-order chi connectivity index (χ0) is 21.3. The molecule has 0 spiro atoms. The summed E-state index contributed by atoms with van der Waals surface area (Å²) in [6, 6.07) is 13.3. The number of amides is 2. The maximum atomic E-state index is 13.3. The zero-order valence-corrected chi connectivity index (χ0v) is 17.0. The molecule has 2 amide bonds. The molecular formula is C23H24FN3O3. The minimum absolute atomic E-state index is 0.00582. The van der Waals surface area contributed by atoms with Crippen LogP contribution in [-0.4, -0.2) is 48.1 Å². The summed E-state index contributed by atoms with van der Waals surface area (Å²) in [5, 5.41) is 6.03. The maximum Gasteiger partial charge on any atom is 0.262 e. The second-order valence-electron chi connectivity index (χ2n) is 7.75. The number of halogens is 1. The lowest BCUT2D eigenvalue weighted by molar-refractivity contribution is -0.141. The van der Waals surface area contributed by atoms with E-state index < -0.39 is 0 Å². The molecule has 156 valence electrons. The smallest absolute Gasteiger partial charge is 0.262 e. The molecule has 6 nitrogen and oxygen atoms in total. The first-order valence-corrected chi connectivity index (χ1v) is 10.0. The quantitative estimate of drug-likeness (QED) is 0.735. The molecule has 1 saturated carbocycles. The van der Waals surface area contributed by atoms with E-state index >= 15 is 0 Å². The normalized spacial score (nSPS) is 18.2. The Morgan fingerprint density at radius 3 is 2.40 bits per heavy atom. The molecule has 2 aromatic carbocycles. The Bertz CT molecular complexity index is 968. The molecule has 0 bridgehead atoms. The third-order valence-electron chi connectivity index (χ3n) is 5.52. The third-order valence-corrected chi connectivity index (χ3v) is 5.52. The second-order valence-corrected chi connectivity index (χ2v) is 7.75. The van der Waals surface area contributed by atoms with Crippen LogP contribution < -0.4 is 4.74 Å². The summed E-state index contributed by atoms with van der Waals surface area (Å²) in [5.74, 6) is 0.217. The average Bonchev–Trinajstić information content (AvgIpc) is 3.51. The number of carbonyl (C=O) groups excluding carboxylic acids is 2. The Hall–Kier alpha value is -3.22. The highest BCUT2D eigenvalue weighted by Crippen LogP contribution is 2.34. The number of carbonyl (C=O) groups is 2. The first kappa shape index (κ1) is 20.1. The summed E-state index contributed by atoms with van der Waals surface area (Å²) >= 11 is 0. The average molecular weight is 409 g/mol. The van der Waals surface area contributed by atoms with Crippen LogP contribution in [0.5, 0.6) is 5.75 Å². The largest absolute Gasteiger partial charge is 0.497 e. The molecule has 30 heavy (non-hydrogen) atoms. The highest BCUT2D eigenvalue weighted by Gasteiger charge is 2.36. The van der Waals surface area contributed by atoms with Crippen LogP contribution in [-0.2, 0) is 9.59 Å². The van der Waals surface area contributed by atoms with Gasteiger partial charge in [-0.15, -0.1) is 0 Å². The molecule has 1 aliphatic heterocycles. The monoisotopic (exact) mass is 409 g/mol. The number of ether oxygens (including phenoxy) is 1. The standard InChI is InChI=1S/C23H24FN3O3/c1-26(23(29)17-3-4-17)14-22(28)27-21(16-7-11-19(30-2)12-8-16)13-20(25-27)15-5-9-18(24)10-6-15/h5-12,17,21H,3-4,13-14H2,1-2H3/t21-/m0/s1. The highest BCUT2D eigenvalue weighted by molar-refractivity contribution is 6.03. The van der Waals surface area contributed by atoms with E-state index in [1.54, 1.807) is 26.3 Å². The van der Waals surface area contributed by atoms with Gasteiger partial charge in [0.1, 0.15) is 18.1 Å². The molecule has 0 aromatic heterocycles. The Balaban J connectivity index is 1.59. The fourth-order valence-corrected chi connectivity index (χ4v) is 3.64. The van der Waals surface area contributed by atoms with Gasteiger partial charge >= 0.3 is 0 Å². The van der Waals surface area contributed by atoms with Gasteiger partial charge in [-0.2, -0.15) is 5.10 Å². The lowest BCUT2D eigenvalue weighted by Gasteiger charge is -2.25. The van der Waals surface area contributed by atoms with Crippen LogP contribution in [0, 0.1) is 11.7 Å². The third kappa shape index (κ3) is 4.20. The summed E-state index contributed by atoms with van der Waals surface area (Å²) in [5.41, 5.74) is 2.40. The number of likely N-dealkylation sites (N-methyl/N-ethyl adjacent to an activating group) is 1. The molecule has 7 heteroatoms. The van der Waals surface area contributed by atoms with Crippen LogP contribution in [0.2, 0.25) is 0 Å².